The Morgan fingerprint density at radius 3 is 2.50 bits per heavy atom. The minimum atomic E-state index is -1.00. The van der Waals surface area contributed by atoms with Crippen LogP contribution in [0.5, 0.6) is 5.75 Å². The van der Waals surface area contributed by atoms with Crippen molar-refractivity contribution in [2.24, 2.45) is 0 Å². The van der Waals surface area contributed by atoms with Gasteiger partial charge in [-0.3, -0.25) is 4.79 Å². The van der Waals surface area contributed by atoms with E-state index in [0.29, 0.717) is 6.54 Å². The van der Waals surface area contributed by atoms with E-state index in [2.05, 4.69) is 0 Å². The molecule has 0 fully saturated rings. The highest BCUT2D eigenvalue weighted by Crippen LogP contribution is 2.23. The second kappa shape index (κ2) is 7.84. The van der Waals surface area contributed by atoms with Crippen molar-refractivity contribution in [1.82, 2.24) is 0 Å². The summed E-state index contributed by atoms with van der Waals surface area (Å²) in [6.45, 7) is 3.77. The molecule has 0 spiro atoms. The van der Waals surface area contributed by atoms with Crippen molar-refractivity contribution in [1.29, 1.82) is 0 Å². The summed E-state index contributed by atoms with van der Waals surface area (Å²) < 4.78 is 5.19. The maximum atomic E-state index is 12.6. The minimum absolute atomic E-state index is 0.0788. The molecular weight excluding hydrogens is 330 g/mol. The predicted molar refractivity (Wildman–Crippen MR) is 92.5 cm³/mol. The number of halogens is 1. The fourth-order valence-corrected chi connectivity index (χ4v) is 2.41. The summed E-state index contributed by atoms with van der Waals surface area (Å²) in [7, 11) is 0. The largest absolute Gasteiger partial charge is 0.507 e. The molecule has 0 aromatic heterocycles. The molecule has 0 saturated carbocycles. The van der Waals surface area contributed by atoms with Crippen molar-refractivity contribution in [3.8, 4) is 5.75 Å². The highest BCUT2D eigenvalue weighted by Gasteiger charge is 2.25. The van der Waals surface area contributed by atoms with E-state index in [1.54, 1.807) is 12.1 Å². The van der Waals surface area contributed by atoms with Crippen LogP contribution in [0.25, 0.3) is 0 Å². The monoisotopic (exact) mass is 347 g/mol. The Morgan fingerprint density at radius 1 is 1.21 bits per heavy atom. The lowest BCUT2D eigenvalue weighted by Gasteiger charge is -2.24. The molecule has 0 aliphatic rings. The van der Waals surface area contributed by atoms with E-state index < -0.39 is 12.1 Å². The number of carbonyl (C=O) groups excluding carboxylic acids is 2. The van der Waals surface area contributed by atoms with Crippen LogP contribution in [0.15, 0.2) is 48.5 Å². The second-order valence-electron chi connectivity index (χ2n) is 5.13. The van der Waals surface area contributed by atoms with E-state index in [9.17, 15) is 14.7 Å². The van der Waals surface area contributed by atoms with Crippen LogP contribution in [0, 0.1) is 0 Å². The molecule has 0 bridgehead atoms. The van der Waals surface area contributed by atoms with E-state index in [1.165, 1.54) is 30.0 Å². The van der Waals surface area contributed by atoms with Crippen LogP contribution in [-0.2, 0) is 9.53 Å². The molecule has 24 heavy (non-hydrogen) atoms. The maximum absolute atomic E-state index is 12.6. The Morgan fingerprint density at radius 2 is 1.88 bits per heavy atom. The summed E-state index contributed by atoms with van der Waals surface area (Å²) >= 11 is 5.82. The number of anilines is 1. The SMILES string of the molecule is CCN(C(=O)[C@H](C)OC(=O)c1cc(Cl)ccc1O)c1ccccc1. The fourth-order valence-electron chi connectivity index (χ4n) is 2.24. The number of benzene rings is 2. The first-order valence-corrected chi connectivity index (χ1v) is 7.87. The van der Waals surface area contributed by atoms with Crippen LogP contribution in [0.2, 0.25) is 5.02 Å². The fraction of sp³-hybridized carbons (Fsp3) is 0.222. The average molecular weight is 348 g/mol. The number of esters is 1. The predicted octanol–water partition coefficient (Wildman–Crippen LogP) is 3.64. The van der Waals surface area contributed by atoms with E-state index in [0.717, 1.165) is 5.69 Å². The zero-order chi connectivity index (χ0) is 17.7. The molecule has 5 nitrogen and oxygen atoms in total. The molecule has 2 aromatic carbocycles. The van der Waals surface area contributed by atoms with Gasteiger partial charge >= 0.3 is 5.97 Å². The van der Waals surface area contributed by atoms with Crippen LogP contribution in [0.4, 0.5) is 5.69 Å². The topological polar surface area (TPSA) is 66.8 Å². The number of aromatic hydroxyl groups is 1. The number of phenolic OH excluding ortho intramolecular Hbond substituents is 1. The van der Waals surface area contributed by atoms with Gasteiger partial charge in [-0.05, 0) is 44.2 Å². The summed E-state index contributed by atoms with van der Waals surface area (Å²) in [5.41, 5.74) is 0.642. The smallest absolute Gasteiger partial charge is 0.342 e. The minimum Gasteiger partial charge on any atom is -0.507 e. The maximum Gasteiger partial charge on any atom is 0.342 e. The van der Waals surface area contributed by atoms with Crippen LogP contribution in [0.1, 0.15) is 24.2 Å². The van der Waals surface area contributed by atoms with Gasteiger partial charge in [-0.15, -0.1) is 0 Å². The summed E-state index contributed by atoms with van der Waals surface area (Å²) in [6.07, 6.45) is -1.00. The van der Waals surface area contributed by atoms with Crippen LogP contribution in [0.3, 0.4) is 0 Å². The lowest BCUT2D eigenvalue weighted by molar-refractivity contribution is -0.126. The molecule has 6 heteroatoms. The molecule has 1 atom stereocenters. The van der Waals surface area contributed by atoms with E-state index >= 15 is 0 Å². The molecule has 1 N–H and O–H groups in total. The second-order valence-corrected chi connectivity index (χ2v) is 5.56. The van der Waals surface area contributed by atoms with Gasteiger partial charge < -0.3 is 14.7 Å². The highest BCUT2D eigenvalue weighted by atomic mass is 35.5. The molecule has 0 saturated heterocycles. The van der Waals surface area contributed by atoms with E-state index in [-0.39, 0.29) is 22.2 Å². The van der Waals surface area contributed by atoms with Gasteiger partial charge in [0.1, 0.15) is 11.3 Å². The van der Waals surface area contributed by atoms with Crippen LogP contribution < -0.4 is 4.90 Å². The Hall–Kier alpha value is -2.53. The molecule has 2 aromatic rings. The number of hydrogen-bond donors (Lipinski definition) is 1. The van der Waals surface area contributed by atoms with Crippen LogP contribution in [-0.4, -0.2) is 29.6 Å². The number of likely N-dealkylation sites (N-methyl/N-ethyl adjacent to an activating group) is 1. The normalized spacial score (nSPS) is 11.6. The molecule has 0 aliphatic carbocycles. The van der Waals surface area contributed by atoms with Crippen molar-refractivity contribution < 1.29 is 19.4 Å². The molecule has 0 heterocycles. The highest BCUT2D eigenvalue weighted by molar-refractivity contribution is 6.31. The van der Waals surface area contributed by atoms with Gasteiger partial charge in [0.05, 0.1) is 0 Å². The van der Waals surface area contributed by atoms with Crippen molar-refractivity contribution in [3.63, 3.8) is 0 Å². The summed E-state index contributed by atoms with van der Waals surface area (Å²) in [4.78, 5) is 26.2. The number of carbonyl (C=O) groups is 2. The Bertz CT molecular complexity index is 733. The summed E-state index contributed by atoms with van der Waals surface area (Å²) in [5, 5.41) is 10.0. The number of ether oxygens (including phenoxy) is 1. The number of rotatable bonds is 5. The van der Waals surface area contributed by atoms with Gasteiger partial charge in [-0.1, -0.05) is 29.8 Å². The van der Waals surface area contributed by atoms with Gasteiger partial charge in [0.15, 0.2) is 6.10 Å². The Balaban J connectivity index is 2.13. The van der Waals surface area contributed by atoms with Crippen LogP contribution >= 0.6 is 11.6 Å². The van der Waals surface area contributed by atoms with Crippen molar-refractivity contribution in [2.75, 3.05) is 11.4 Å². The number of phenols is 1. The Kier molecular flexibility index (Phi) is 5.82. The lowest BCUT2D eigenvalue weighted by atomic mass is 10.2. The van der Waals surface area contributed by atoms with Gasteiger partial charge in [0.25, 0.3) is 5.91 Å². The zero-order valence-corrected chi connectivity index (χ0v) is 14.2. The molecule has 126 valence electrons. The van der Waals surface area contributed by atoms with E-state index in [1.807, 2.05) is 25.1 Å². The summed E-state index contributed by atoms with van der Waals surface area (Å²) in [6, 6.07) is 13.2. The molecule has 0 aliphatic heterocycles. The molecule has 0 unspecified atom stereocenters. The van der Waals surface area contributed by atoms with Gasteiger partial charge in [-0.2, -0.15) is 0 Å². The Labute approximate surface area is 145 Å². The lowest BCUT2D eigenvalue weighted by Crippen LogP contribution is -2.40. The molecule has 2 rings (SSSR count). The average Bonchev–Trinajstić information content (AvgIpc) is 2.58. The molecular formula is C18H18ClNO4. The number of para-hydroxylation sites is 1. The first-order valence-electron chi connectivity index (χ1n) is 7.50. The van der Waals surface area contributed by atoms with E-state index in [4.69, 9.17) is 16.3 Å². The molecule has 1 amide bonds. The number of amides is 1. The van der Waals surface area contributed by atoms with Gasteiger partial charge in [0.2, 0.25) is 0 Å². The molecule has 0 radical (unpaired) electrons. The third kappa shape index (κ3) is 4.06. The first kappa shape index (κ1) is 17.8. The third-order valence-electron chi connectivity index (χ3n) is 3.46. The number of nitrogens with zero attached hydrogens (tertiary/aromatic N) is 1. The van der Waals surface area contributed by atoms with Crippen molar-refractivity contribution in [2.45, 2.75) is 20.0 Å². The summed E-state index contributed by atoms with van der Waals surface area (Å²) in [5.74, 6) is -1.40. The zero-order valence-electron chi connectivity index (χ0n) is 13.4. The quantitative estimate of drug-likeness (QED) is 0.838. The van der Waals surface area contributed by atoms with Crippen molar-refractivity contribution >= 4 is 29.2 Å². The van der Waals surface area contributed by atoms with Gasteiger partial charge in [-0.25, -0.2) is 4.79 Å². The van der Waals surface area contributed by atoms with Crippen molar-refractivity contribution in [3.05, 3.63) is 59.1 Å². The third-order valence-corrected chi connectivity index (χ3v) is 3.70. The first-order chi connectivity index (χ1) is 11.4. The van der Waals surface area contributed by atoms with Gasteiger partial charge in [0, 0.05) is 17.3 Å². The standard InChI is InChI=1S/C18H18ClNO4/c1-3-20(14-7-5-4-6-8-14)17(22)12(2)24-18(23)15-11-13(19)9-10-16(15)21/h4-12,21H,3H2,1-2H3/t12-/m0/s1. The number of hydrogen-bond acceptors (Lipinski definition) is 4.